The Kier molecular flexibility index (Phi) is 3.20. The third-order valence-electron chi connectivity index (χ3n) is 4.08. The average Bonchev–Trinajstić information content (AvgIpc) is 2.76. The molecule has 1 aliphatic carbocycles. The van der Waals surface area contributed by atoms with Crippen molar-refractivity contribution in [2.45, 2.75) is 51.7 Å². The molecule has 3 atom stereocenters. The van der Waals surface area contributed by atoms with Gasteiger partial charge in [-0.3, -0.25) is 0 Å². The normalized spacial score (nSPS) is 31.1. The molecule has 18 heavy (non-hydrogen) atoms. The molecule has 2 aliphatic rings. The highest BCUT2D eigenvalue weighted by Gasteiger charge is 2.37. The predicted octanol–water partition coefficient (Wildman–Crippen LogP) is 2.46. The molecule has 1 aliphatic heterocycles. The van der Waals surface area contributed by atoms with Gasteiger partial charge in [0, 0.05) is 30.0 Å². The molecule has 98 valence electrons. The summed E-state index contributed by atoms with van der Waals surface area (Å²) in [5.74, 6) is 1.42. The number of nitrogens with one attached hydrogen (secondary N) is 1. The zero-order valence-corrected chi connectivity index (χ0v) is 11.1. The van der Waals surface area contributed by atoms with E-state index in [9.17, 15) is 0 Å². The second-order valence-electron chi connectivity index (χ2n) is 5.52. The maximum absolute atomic E-state index is 5.79. The summed E-state index contributed by atoms with van der Waals surface area (Å²) >= 11 is 0. The lowest BCUT2D eigenvalue weighted by Crippen LogP contribution is -2.38. The minimum Gasteiger partial charge on any atom is -0.378 e. The van der Waals surface area contributed by atoms with Crippen molar-refractivity contribution < 1.29 is 4.74 Å². The minimum absolute atomic E-state index is 0.460. The van der Waals surface area contributed by atoms with Crippen LogP contribution in [-0.4, -0.2) is 28.7 Å². The van der Waals surface area contributed by atoms with Crippen molar-refractivity contribution in [3.8, 4) is 0 Å². The molecule has 0 radical (unpaired) electrons. The van der Waals surface area contributed by atoms with Crippen LogP contribution in [0.4, 0.5) is 5.95 Å². The molecule has 0 aromatic carbocycles. The molecule has 0 bridgehead atoms. The van der Waals surface area contributed by atoms with Gasteiger partial charge in [0.1, 0.15) is 0 Å². The van der Waals surface area contributed by atoms with E-state index in [1.807, 2.05) is 19.9 Å². The van der Waals surface area contributed by atoms with E-state index < -0.39 is 0 Å². The molecule has 0 amide bonds. The van der Waals surface area contributed by atoms with Crippen LogP contribution in [0.15, 0.2) is 6.07 Å². The molecule has 2 heterocycles. The number of aryl methyl sites for hydroxylation is 2. The zero-order chi connectivity index (χ0) is 12.5. The SMILES string of the molecule is Cc1cc(C)nc(NC2CCCC3OCCC23)n1. The predicted molar refractivity (Wildman–Crippen MR) is 70.6 cm³/mol. The Morgan fingerprint density at radius 3 is 2.72 bits per heavy atom. The van der Waals surface area contributed by atoms with Crippen LogP contribution in [0.1, 0.15) is 37.1 Å². The summed E-state index contributed by atoms with van der Waals surface area (Å²) in [6.07, 6.45) is 5.30. The third kappa shape index (κ3) is 2.34. The van der Waals surface area contributed by atoms with Gasteiger partial charge in [-0.05, 0) is 45.6 Å². The summed E-state index contributed by atoms with van der Waals surface area (Å²) in [5.41, 5.74) is 2.06. The number of nitrogens with zero attached hydrogens (tertiary/aromatic N) is 2. The minimum atomic E-state index is 0.460. The summed E-state index contributed by atoms with van der Waals surface area (Å²) < 4.78 is 5.79. The quantitative estimate of drug-likeness (QED) is 0.872. The molecule has 2 fully saturated rings. The fourth-order valence-electron chi connectivity index (χ4n) is 3.31. The number of ether oxygens (including phenoxy) is 1. The zero-order valence-electron chi connectivity index (χ0n) is 11.1. The van der Waals surface area contributed by atoms with Crippen molar-refractivity contribution in [2.24, 2.45) is 5.92 Å². The number of fused-ring (bicyclic) bond motifs is 1. The van der Waals surface area contributed by atoms with E-state index in [0.29, 0.717) is 18.1 Å². The molecule has 1 saturated heterocycles. The van der Waals surface area contributed by atoms with Crippen LogP contribution in [0, 0.1) is 19.8 Å². The van der Waals surface area contributed by atoms with Crippen molar-refractivity contribution in [3.05, 3.63) is 17.5 Å². The lowest BCUT2D eigenvalue weighted by atomic mass is 9.82. The standard InChI is InChI=1S/C14H21N3O/c1-9-8-10(2)16-14(15-9)17-12-4-3-5-13-11(12)6-7-18-13/h8,11-13H,3-7H2,1-2H3,(H,15,16,17). The Bertz CT molecular complexity index is 415. The summed E-state index contributed by atoms with van der Waals surface area (Å²) in [6.45, 7) is 4.95. The third-order valence-corrected chi connectivity index (χ3v) is 4.08. The second kappa shape index (κ2) is 4.84. The Morgan fingerprint density at radius 1 is 1.17 bits per heavy atom. The van der Waals surface area contributed by atoms with E-state index in [2.05, 4.69) is 15.3 Å². The Hall–Kier alpha value is -1.16. The van der Waals surface area contributed by atoms with Gasteiger partial charge in [-0.25, -0.2) is 9.97 Å². The van der Waals surface area contributed by atoms with E-state index in [0.717, 1.165) is 23.9 Å². The molecule has 4 heteroatoms. The fraction of sp³-hybridized carbons (Fsp3) is 0.714. The molecule has 1 aromatic heterocycles. The van der Waals surface area contributed by atoms with E-state index in [1.165, 1.54) is 25.7 Å². The monoisotopic (exact) mass is 247 g/mol. The van der Waals surface area contributed by atoms with Crippen LogP contribution in [0.25, 0.3) is 0 Å². The van der Waals surface area contributed by atoms with Gasteiger partial charge >= 0.3 is 0 Å². The number of hydrogen-bond acceptors (Lipinski definition) is 4. The molecular weight excluding hydrogens is 226 g/mol. The van der Waals surface area contributed by atoms with Crippen LogP contribution in [0.2, 0.25) is 0 Å². The molecule has 1 N–H and O–H groups in total. The van der Waals surface area contributed by atoms with Gasteiger partial charge in [-0.15, -0.1) is 0 Å². The van der Waals surface area contributed by atoms with E-state index in [4.69, 9.17) is 4.74 Å². The van der Waals surface area contributed by atoms with Gasteiger partial charge in [-0.2, -0.15) is 0 Å². The Labute approximate surface area is 108 Å². The number of anilines is 1. The molecule has 1 aromatic rings. The summed E-state index contributed by atoms with van der Waals surface area (Å²) in [4.78, 5) is 8.96. The first-order valence-corrected chi connectivity index (χ1v) is 6.93. The van der Waals surface area contributed by atoms with E-state index in [-0.39, 0.29) is 0 Å². The van der Waals surface area contributed by atoms with Crippen LogP contribution in [-0.2, 0) is 4.74 Å². The van der Waals surface area contributed by atoms with Crippen LogP contribution < -0.4 is 5.32 Å². The summed E-state index contributed by atoms with van der Waals surface area (Å²) in [6, 6.07) is 2.49. The van der Waals surface area contributed by atoms with Crippen LogP contribution in [0.5, 0.6) is 0 Å². The highest BCUT2D eigenvalue weighted by molar-refractivity contribution is 5.30. The van der Waals surface area contributed by atoms with Crippen molar-refractivity contribution in [1.29, 1.82) is 0 Å². The van der Waals surface area contributed by atoms with Crippen LogP contribution in [0.3, 0.4) is 0 Å². The van der Waals surface area contributed by atoms with Crippen LogP contribution >= 0.6 is 0 Å². The molecule has 3 unspecified atom stereocenters. The van der Waals surface area contributed by atoms with E-state index in [1.54, 1.807) is 0 Å². The van der Waals surface area contributed by atoms with Gasteiger partial charge in [0.2, 0.25) is 5.95 Å². The van der Waals surface area contributed by atoms with Gasteiger partial charge < -0.3 is 10.1 Å². The molecular formula is C14H21N3O. The lowest BCUT2D eigenvalue weighted by molar-refractivity contribution is 0.0619. The highest BCUT2D eigenvalue weighted by Crippen LogP contribution is 2.35. The largest absolute Gasteiger partial charge is 0.378 e. The molecule has 1 saturated carbocycles. The van der Waals surface area contributed by atoms with Gasteiger partial charge in [0.15, 0.2) is 0 Å². The van der Waals surface area contributed by atoms with Crippen molar-refractivity contribution >= 4 is 5.95 Å². The molecule has 3 rings (SSSR count). The smallest absolute Gasteiger partial charge is 0.223 e. The maximum atomic E-state index is 5.79. The van der Waals surface area contributed by atoms with Crippen molar-refractivity contribution in [2.75, 3.05) is 11.9 Å². The first kappa shape index (κ1) is 11.9. The first-order valence-electron chi connectivity index (χ1n) is 6.93. The fourth-order valence-corrected chi connectivity index (χ4v) is 3.31. The van der Waals surface area contributed by atoms with Gasteiger partial charge in [0.25, 0.3) is 0 Å². The van der Waals surface area contributed by atoms with Crippen molar-refractivity contribution in [3.63, 3.8) is 0 Å². The van der Waals surface area contributed by atoms with E-state index >= 15 is 0 Å². The average molecular weight is 247 g/mol. The molecule has 0 spiro atoms. The topological polar surface area (TPSA) is 47.0 Å². The first-order chi connectivity index (χ1) is 8.72. The lowest BCUT2D eigenvalue weighted by Gasteiger charge is -2.33. The summed E-state index contributed by atoms with van der Waals surface area (Å²) in [7, 11) is 0. The summed E-state index contributed by atoms with van der Waals surface area (Å²) in [5, 5.41) is 3.53. The van der Waals surface area contributed by atoms with Gasteiger partial charge in [-0.1, -0.05) is 0 Å². The number of rotatable bonds is 2. The second-order valence-corrected chi connectivity index (χ2v) is 5.52. The Balaban J connectivity index is 1.74. The maximum Gasteiger partial charge on any atom is 0.223 e. The number of hydrogen-bond donors (Lipinski definition) is 1. The highest BCUT2D eigenvalue weighted by atomic mass is 16.5. The number of aromatic nitrogens is 2. The Morgan fingerprint density at radius 2 is 1.94 bits per heavy atom. The van der Waals surface area contributed by atoms with Gasteiger partial charge in [0.05, 0.1) is 6.10 Å². The molecule has 4 nitrogen and oxygen atoms in total. The van der Waals surface area contributed by atoms with Crippen molar-refractivity contribution in [1.82, 2.24) is 9.97 Å².